The molecule has 1 saturated heterocycles. The van der Waals surface area contributed by atoms with E-state index in [1.165, 1.54) is 6.07 Å². The van der Waals surface area contributed by atoms with Gasteiger partial charge in [-0.3, -0.25) is 34.2 Å². The second kappa shape index (κ2) is 10.7. The van der Waals surface area contributed by atoms with Gasteiger partial charge in [0.25, 0.3) is 17.5 Å². The molecule has 0 spiro atoms. The molecule has 3 rings (SSSR count). The predicted molar refractivity (Wildman–Crippen MR) is 125 cm³/mol. The van der Waals surface area contributed by atoms with Crippen LogP contribution in [-0.4, -0.2) is 82.3 Å². The maximum absolute atomic E-state index is 12.5. The van der Waals surface area contributed by atoms with Gasteiger partial charge in [0.2, 0.25) is 11.8 Å². The van der Waals surface area contributed by atoms with Gasteiger partial charge in [0.05, 0.1) is 16.1 Å². The van der Waals surface area contributed by atoms with Crippen molar-refractivity contribution in [1.29, 1.82) is 0 Å². The quantitative estimate of drug-likeness (QED) is 0.318. The van der Waals surface area contributed by atoms with E-state index in [1.807, 2.05) is 0 Å². The Kier molecular flexibility index (Phi) is 7.90. The second-order valence-electron chi connectivity index (χ2n) is 9.58. The van der Waals surface area contributed by atoms with Crippen LogP contribution in [-0.2, 0) is 14.3 Å². The highest BCUT2D eigenvalue weighted by Gasteiger charge is 2.38. The van der Waals surface area contributed by atoms with Crippen molar-refractivity contribution in [1.82, 2.24) is 20.4 Å². The van der Waals surface area contributed by atoms with E-state index in [9.17, 15) is 34.1 Å². The molecule has 2 N–H and O–H groups in total. The molecule has 0 aromatic heterocycles. The number of non-ortho nitro benzene ring substituents is 1. The number of rotatable bonds is 7. The van der Waals surface area contributed by atoms with E-state index in [0.29, 0.717) is 25.9 Å². The topological polar surface area (TPSA) is 168 Å². The summed E-state index contributed by atoms with van der Waals surface area (Å²) < 4.78 is 5.12. The standard InChI is InChI=1S/C23H29N5O8/c1-23(2,3)36-22(33)24-9-6-19(30)26-10-7-14(8-11-26)25-18(29)13-27-20(31)16-5-4-15(28(34)35)12-17(16)21(27)32/h4-5,12,14H,6-11,13H2,1-3H3,(H,24,33)(H,25,29). The third kappa shape index (κ3) is 6.55. The molecule has 0 unspecified atom stereocenters. The number of fused-ring (bicyclic) bond motifs is 1. The lowest BCUT2D eigenvalue weighted by Crippen LogP contribution is -2.49. The number of likely N-dealkylation sites (tertiary alicyclic amines) is 1. The van der Waals surface area contributed by atoms with Crippen LogP contribution < -0.4 is 10.6 Å². The first-order valence-electron chi connectivity index (χ1n) is 11.5. The molecule has 1 aromatic carbocycles. The Morgan fingerprint density at radius 2 is 1.75 bits per heavy atom. The number of carbonyl (C=O) groups excluding carboxylic acids is 5. The number of amides is 5. The number of nitrogens with zero attached hydrogens (tertiary/aromatic N) is 3. The SMILES string of the molecule is CC(C)(C)OC(=O)NCCC(=O)N1CCC(NC(=O)CN2C(=O)c3ccc([N+](=O)[O-])cc3C2=O)CC1. The van der Waals surface area contributed by atoms with Crippen LogP contribution >= 0.6 is 0 Å². The van der Waals surface area contributed by atoms with Crippen molar-refractivity contribution in [3.05, 3.63) is 39.4 Å². The number of alkyl carbamates (subject to hydrolysis) is 1. The average Bonchev–Trinajstić information content (AvgIpc) is 3.02. The average molecular weight is 504 g/mol. The van der Waals surface area contributed by atoms with Crippen molar-refractivity contribution in [2.75, 3.05) is 26.2 Å². The first kappa shape index (κ1) is 26.6. The second-order valence-corrected chi connectivity index (χ2v) is 9.58. The molecular formula is C23H29N5O8. The number of benzene rings is 1. The van der Waals surface area contributed by atoms with E-state index < -0.39 is 40.9 Å². The van der Waals surface area contributed by atoms with Crippen molar-refractivity contribution in [2.45, 2.75) is 51.7 Å². The van der Waals surface area contributed by atoms with Crippen molar-refractivity contribution >= 4 is 35.4 Å². The number of piperidine rings is 1. The highest BCUT2D eigenvalue weighted by Crippen LogP contribution is 2.26. The van der Waals surface area contributed by atoms with Gasteiger partial charge >= 0.3 is 6.09 Å². The van der Waals surface area contributed by atoms with E-state index in [4.69, 9.17) is 4.74 Å². The van der Waals surface area contributed by atoms with Crippen molar-refractivity contribution < 1.29 is 33.6 Å². The van der Waals surface area contributed by atoms with Crippen LogP contribution in [0.3, 0.4) is 0 Å². The molecule has 13 heteroatoms. The number of imide groups is 1. The van der Waals surface area contributed by atoms with Crippen molar-refractivity contribution in [2.24, 2.45) is 0 Å². The van der Waals surface area contributed by atoms with Crippen LogP contribution in [0.4, 0.5) is 10.5 Å². The largest absolute Gasteiger partial charge is 0.444 e. The minimum Gasteiger partial charge on any atom is -0.444 e. The monoisotopic (exact) mass is 503 g/mol. The third-order valence-electron chi connectivity index (χ3n) is 5.69. The fourth-order valence-corrected chi connectivity index (χ4v) is 3.97. The highest BCUT2D eigenvalue weighted by molar-refractivity contribution is 6.22. The Labute approximate surface area is 207 Å². The third-order valence-corrected chi connectivity index (χ3v) is 5.69. The molecule has 0 radical (unpaired) electrons. The lowest BCUT2D eigenvalue weighted by molar-refractivity contribution is -0.384. The Balaban J connectivity index is 1.42. The van der Waals surface area contributed by atoms with Crippen LogP contribution in [0.2, 0.25) is 0 Å². The van der Waals surface area contributed by atoms with E-state index >= 15 is 0 Å². The molecule has 0 saturated carbocycles. The van der Waals surface area contributed by atoms with Gasteiger partial charge in [0, 0.05) is 44.2 Å². The predicted octanol–water partition coefficient (Wildman–Crippen LogP) is 1.21. The molecule has 13 nitrogen and oxygen atoms in total. The number of nitro groups is 1. The van der Waals surface area contributed by atoms with E-state index in [-0.39, 0.29) is 41.7 Å². The molecular weight excluding hydrogens is 474 g/mol. The van der Waals surface area contributed by atoms with Gasteiger partial charge < -0.3 is 20.3 Å². The molecule has 5 amide bonds. The Bertz CT molecular complexity index is 1090. The van der Waals surface area contributed by atoms with Gasteiger partial charge in [0.1, 0.15) is 12.1 Å². The Hall–Kier alpha value is -4.03. The van der Waals surface area contributed by atoms with Crippen LogP contribution in [0.25, 0.3) is 0 Å². The minimum atomic E-state index is -0.755. The van der Waals surface area contributed by atoms with Crippen molar-refractivity contribution in [3.8, 4) is 0 Å². The molecule has 2 aliphatic heterocycles. The molecule has 36 heavy (non-hydrogen) atoms. The summed E-state index contributed by atoms with van der Waals surface area (Å²) in [5.41, 5.74) is -1.02. The van der Waals surface area contributed by atoms with Crippen molar-refractivity contribution in [3.63, 3.8) is 0 Å². The maximum Gasteiger partial charge on any atom is 0.407 e. The summed E-state index contributed by atoms with van der Waals surface area (Å²) in [4.78, 5) is 74.3. The number of ether oxygens (including phenoxy) is 1. The molecule has 1 aromatic rings. The summed E-state index contributed by atoms with van der Waals surface area (Å²) >= 11 is 0. The summed E-state index contributed by atoms with van der Waals surface area (Å²) in [6, 6.07) is 3.14. The van der Waals surface area contributed by atoms with Gasteiger partial charge in [-0.1, -0.05) is 0 Å². The van der Waals surface area contributed by atoms with Crippen LogP contribution in [0.15, 0.2) is 18.2 Å². The van der Waals surface area contributed by atoms with E-state index in [0.717, 1.165) is 17.0 Å². The number of nitro benzene ring substituents is 1. The summed E-state index contributed by atoms with van der Waals surface area (Å²) in [5, 5.41) is 16.3. The Morgan fingerprint density at radius 1 is 1.11 bits per heavy atom. The van der Waals surface area contributed by atoms with Gasteiger partial charge in [-0.2, -0.15) is 0 Å². The zero-order valence-corrected chi connectivity index (χ0v) is 20.4. The number of carbonyl (C=O) groups is 5. The van der Waals surface area contributed by atoms with Crippen LogP contribution in [0.1, 0.15) is 60.7 Å². The molecule has 2 heterocycles. The fraction of sp³-hybridized carbons (Fsp3) is 0.522. The molecule has 0 aliphatic carbocycles. The first-order chi connectivity index (χ1) is 16.9. The molecule has 194 valence electrons. The first-order valence-corrected chi connectivity index (χ1v) is 11.5. The van der Waals surface area contributed by atoms with Crippen LogP contribution in [0.5, 0.6) is 0 Å². The summed E-state index contributed by atoms with van der Waals surface area (Å²) in [5.74, 6) is -2.10. The molecule has 2 aliphatic rings. The summed E-state index contributed by atoms with van der Waals surface area (Å²) in [6.07, 6.45) is 0.512. The smallest absolute Gasteiger partial charge is 0.407 e. The number of nitrogens with one attached hydrogen (secondary N) is 2. The van der Waals surface area contributed by atoms with Crippen LogP contribution in [0, 0.1) is 10.1 Å². The van der Waals surface area contributed by atoms with Gasteiger partial charge in [0.15, 0.2) is 0 Å². The lowest BCUT2D eigenvalue weighted by Gasteiger charge is -2.32. The summed E-state index contributed by atoms with van der Waals surface area (Å²) in [6.45, 7) is 5.70. The molecule has 0 bridgehead atoms. The lowest BCUT2D eigenvalue weighted by atomic mass is 10.0. The summed E-state index contributed by atoms with van der Waals surface area (Å²) in [7, 11) is 0. The fourth-order valence-electron chi connectivity index (χ4n) is 3.97. The van der Waals surface area contributed by atoms with E-state index in [1.54, 1.807) is 25.7 Å². The molecule has 0 atom stereocenters. The van der Waals surface area contributed by atoms with E-state index in [2.05, 4.69) is 10.6 Å². The zero-order chi connectivity index (χ0) is 26.6. The Morgan fingerprint density at radius 3 is 2.36 bits per heavy atom. The molecule has 1 fully saturated rings. The minimum absolute atomic E-state index is 0.0198. The van der Waals surface area contributed by atoms with Gasteiger partial charge in [-0.25, -0.2) is 4.79 Å². The highest BCUT2D eigenvalue weighted by atomic mass is 16.6. The number of hydrogen-bond donors (Lipinski definition) is 2. The maximum atomic E-state index is 12.5. The zero-order valence-electron chi connectivity index (χ0n) is 20.4. The normalized spacial score (nSPS) is 16.0. The number of hydrogen-bond acceptors (Lipinski definition) is 8. The van der Waals surface area contributed by atoms with Gasteiger partial charge in [-0.05, 0) is 39.7 Å². The van der Waals surface area contributed by atoms with Gasteiger partial charge in [-0.15, -0.1) is 0 Å².